The number of rotatable bonds is 3. The monoisotopic (exact) mass is 336 g/mol. The maximum Gasteiger partial charge on any atom is 0.262 e. The number of allylic oxidation sites excluding steroid dienone is 1. The maximum atomic E-state index is 12.9. The second kappa shape index (κ2) is 6.36. The van der Waals surface area contributed by atoms with Crippen LogP contribution in [0.3, 0.4) is 0 Å². The fraction of sp³-hybridized carbons (Fsp3) is 0.300. The number of hydrogen-bond acceptors (Lipinski definition) is 3. The molecule has 0 aliphatic heterocycles. The minimum atomic E-state index is 0.102. The quantitative estimate of drug-likeness (QED) is 0.715. The Bertz CT molecular complexity index is 953. The predicted molar refractivity (Wildman–Crippen MR) is 101 cm³/mol. The van der Waals surface area contributed by atoms with Crippen molar-refractivity contribution in [1.29, 1.82) is 0 Å². The average molecular weight is 336 g/mol. The number of aryl methyl sites for hydroxylation is 1. The van der Waals surface area contributed by atoms with Crippen molar-refractivity contribution in [1.82, 2.24) is 9.55 Å². The Kier molecular flexibility index (Phi) is 4.07. The second-order valence-electron chi connectivity index (χ2n) is 6.55. The van der Waals surface area contributed by atoms with E-state index in [1.807, 2.05) is 30.4 Å². The Labute approximate surface area is 145 Å². The molecule has 3 nitrogen and oxygen atoms in total. The highest BCUT2D eigenvalue weighted by atomic mass is 32.1. The first-order valence-electron chi connectivity index (χ1n) is 8.43. The van der Waals surface area contributed by atoms with Gasteiger partial charge in [0.05, 0.1) is 11.7 Å². The third-order valence-corrected chi connectivity index (χ3v) is 5.86. The molecule has 4 rings (SSSR count). The molecule has 0 N–H and O–H groups in total. The molecular formula is C20H20N2OS. The van der Waals surface area contributed by atoms with Crippen LogP contribution in [0.25, 0.3) is 16.3 Å². The van der Waals surface area contributed by atoms with Gasteiger partial charge < -0.3 is 0 Å². The van der Waals surface area contributed by atoms with Crippen LogP contribution in [0.2, 0.25) is 0 Å². The zero-order chi connectivity index (χ0) is 16.5. The molecule has 1 aliphatic carbocycles. The highest BCUT2D eigenvalue weighted by Crippen LogP contribution is 2.35. The molecule has 1 aliphatic rings. The summed E-state index contributed by atoms with van der Waals surface area (Å²) in [5.74, 6) is 0.710. The van der Waals surface area contributed by atoms with E-state index in [1.165, 1.54) is 16.9 Å². The molecule has 0 saturated carbocycles. The highest BCUT2D eigenvalue weighted by molar-refractivity contribution is 7.18. The largest absolute Gasteiger partial charge is 0.295 e. The van der Waals surface area contributed by atoms with Crippen LogP contribution >= 0.6 is 11.3 Å². The van der Waals surface area contributed by atoms with E-state index < -0.39 is 0 Å². The molecule has 3 aromatic rings. The average Bonchev–Trinajstić information content (AvgIpc) is 2.96. The molecule has 0 radical (unpaired) electrons. The predicted octanol–water partition coefficient (Wildman–Crippen LogP) is 4.30. The molecular weight excluding hydrogens is 316 g/mol. The Hall–Kier alpha value is -2.20. The van der Waals surface area contributed by atoms with Gasteiger partial charge in [-0.3, -0.25) is 9.36 Å². The third-order valence-electron chi connectivity index (χ3n) is 4.69. The molecule has 24 heavy (non-hydrogen) atoms. The Balaban J connectivity index is 1.66. The second-order valence-corrected chi connectivity index (χ2v) is 7.63. The summed E-state index contributed by atoms with van der Waals surface area (Å²) in [5.41, 5.74) is 2.50. The lowest BCUT2D eigenvalue weighted by molar-refractivity contribution is 0.509. The van der Waals surface area contributed by atoms with Crippen molar-refractivity contribution in [2.75, 3.05) is 0 Å². The van der Waals surface area contributed by atoms with Crippen molar-refractivity contribution in [2.45, 2.75) is 32.7 Å². The van der Waals surface area contributed by atoms with Gasteiger partial charge in [0.2, 0.25) is 0 Å². The molecule has 2 heterocycles. The molecule has 122 valence electrons. The molecule has 1 aromatic carbocycles. The number of hydrogen-bond donors (Lipinski definition) is 0. The summed E-state index contributed by atoms with van der Waals surface area (Å²) in [5, 5.41) is 0.859. The van der Waals surface area contributed by atoms with Gasteiger partial charge in [-0.25, -0.2) is 4.98 Å². The van der Waals surface area contributed by atoms with Crippen LogP contribution in [-0.2, 0) is 19.4 Å². The van der Waals surface area contributed by atoms with Crippen molar-refractivity contribution in [2.24, 2.45) is 5.92 Å². The van der Waals surface area contributed by atoms with E-state index in [4.69, 9.17) is 0 Å². The first-order valence-corrected chi connectivity index (χ1v) is 9.25. The summed E-state index contributed by atoms with van der Waals surface area (Å²) in [6.45, 7) is 2.84. The number of fused-ring (bicyclic) bond motifs is 3. The normalized spacial score (nSPS) is 17.5. The minimum Gasteiger partial charge on any atom is -0.295 e. The lowest BCUT2D eigenvalue weighted by Crippen LogP contribution is -2.21. The zero-order valence-electron chi connectivity index (χ0n) is 13.7. The smallest absolute Gasteiger partial charge is 0.262 e. The summed E-state index contributed by atoms with van der Waals surface area (Å²) in [6.07, 6.45) is 9.01. The number of nitrogens with zero attached hydrogens (tertiary/aromatic N) is 2. The Morgan fingerprint density at radius 1 is 1.33 bits per heavy atom. The molecule has 0 amide bonds. The lowest BCUT2D eigenvalue weighted by atomic mass is 9.89. The van der Waals surface area contributed by atoms with Crippen LogP contribution < -0.4 is 5.56 Å². The van der Waals surface area contributed by atoms with E-state index in [0.717, 1.165) is 28.6 Å². The van der Waals surface area contributed by atoms with Crippen molar-refractivity contribution < 1.29 is 0 Å². The van der Waals surface area contributed by atoms with Crippen molar-refractivity contribution in [3.63, 3.8) is 0 Å². The van der Waals surface area contributed by atoms with Crippen LogP contribution in [0.15, 0.2) is 47.5 Å². The summed E-state index contributed by atoms with van der Waals surface area (Å²) in [7, 11) is 0. The van der Waals surface area contributed by atoms with Gasteiger partial charge in [0.15, 0.2) is 0 Å². The van der Waals surface area contributed by atoms with Gasteiger partial charge in [-0.2, -0.15) is 0 Å². The molecule has 0 bridgehead atoms. The number of benzene rings is 1. The summed E-state index contributed by atoms with van der Waals surface area (Å²) >= 11 is 1.70. The van der Waals surface area contributed by atoms with Gasteiger partial charge in [-0.15, -0.1) is 11.3 Å². The van der Waals surface area contributed by atoms with E-state index >= 15 is 0 Å². The van der Waals surface area contributed by atoms with Crippen molar-refractivity contribution >= 4 is 27.6 Å². The van der Waals surface area contributed by atoms with Gasteiger partial charge >= 0.3 is 0 Å². The molecule has 0 fully saturated rings. The SMILES string of the molecule is CC1CCc2c(sc3ncn(C/C=C/c4ccccc4)c(=O)c23)C1. The van der Waals surface area contributed by atoms with Crippen LogP contribution in [-0.4, -0.2) is 9.55 Å². The van der Waals surface area contributed by atoms with Gasteiger partial charge in [-0.1, -0.05) is 49.4 Å². The van der Waals surface area contributed by atoms with Crippen LogP contribution in [0.4, 0.5) is 0 Å². The van der Waals surface area contributed by atoms with E-state index in [-0.39, 0.29) is 5.56 Å². The van der Waals surface area contributed by atoms with Crippen molar-refractivity contribution in [3.8, 4) is 0 Å². The number of thiophene rings is 1. The standard InChI is InChI=1S/C20H20N2OS/c1-14-9-10-16-17(12-14)24-19-18(16)20(23)22(13-21-19)11-5-8-15-6-3-2-4-7-15/h2-8,13-14H,9-12H2,1H3/b8-5+. The minimum absolute atomic E-state index is 0.102. The molecule has 0 spiro atoms. The molecule has 0 saturated heterocycles. The highest BCUT2D eigenvalue weighted by Gasteiger charge is 2.22. The topological polar surface area (TPSA) is 34.9 Å². The van der Waals surface area contributed by atoms with E-state index in [1.54, 1.807) is 22.2 Å². The molecule has 1 unspecified atom stereocenters. The zero-order valence-corrected chi connectivity index (χ0v) is 14.6. The fourth-order valence-electron chi connectivity index (χ4n) is 3.36. The summed E-state index contributed by atoms with van der Waals surface area (Å²) < 4.78 is 1.72. The van der Waals surface area contributed by atoms with Gasteiger partial charge in [0.25, 0.3) is 5.56 Å². The van der Waals surface area contributed by atoms with Crippen LogP contribution in [0.5, 0.6) is 0 Å². The van der Waals surface area contributed by atoms with Gasteiger partial charge in [0.1, 0.15) is 4.83 Å². The van der Waals surface area contributed by atoms with E-state index in [9.17, 15) is 4.79 Å². The first-order chi connectivity index (χ1) is 11.7. The molecule has 2 aromatic heterocycles. The summed E-state index contributed by atoms with van der Waals surface area (Å²) in [6, 6.07) is 10.1. The maximum absolute atomic E-state index is 12.9. The van der Waals surface area contributed by atoms with Crippen molar-refractivity contribution in [3.05, 3.63) is 69.1 Å². The fourth-order valence-corrected chi connectivity index (χ4v) is 4.70. The van der Waals surface area contributed by atoms with E-state index in [0.29, 0.717) is 12.5 Å². The lowest BCUT2D eigenvalue weighted by Gasteiger charge is -2.17. The van der Waals surface area contributed by atoms with Crippen LogP contribution in [0.1, 0.15) is 29.3 Å². The van der Waals surface area contributed by atoms with Gasteiger partial charge in [0, 0.05) is 11.4 Å². The molecule has 1 atom stereocenters. The Morgan fingerprint density at radius 2 is 2.17 bits per heavy atom. The van der Waals surface area contributed by atoms with Crippen LogP contribution in [0, 0.1) is 5.92 Å². The Morgan fingerprint density at radius 3 is 3.00 bits per heavy atom. The molecule has 4 heteroatoms. The van der Waals surface area contributed by atoms with Gasteiger partial charge in [-0.05, 0) is 36.3 Å². The summed E-state index contributed by atoms with van der Waals surface area (Å²) in [4.78, 5) is 19.7. The van der Waals surface area contributed by atoms with E-state index in [2.05, 4.69) is 24.0 Å². The number of aromatic nitrogens is 2. The first kappa shape index (κ1) is 15.3. The third kappa shape index (κ3) is 2.82.